The molecule has 0 heterocycles. The molecule has 0 aromatic heterocycles. The molecule has 0 bridgehead atoms. The number of fused-ring (bicyclic) bond motifs is 1. The van der Waals surface area contributed by atoms with Gasteiger partial charge in [-0.3, -0.25) is 4.99 Å². The number of likely N-dealkylation sites (N-methyl/N-ethyl adjacent to an activating group) is 1. The third-order valence-corrected chi connectivity index (χ3v) is 7.44. The summed E-state index contributed by atoms with van der Waals surface area (Å²) in [7, 11) is 2.19. The highest BCUT2D eigenvalue weighted by Crippen LogP contribution is 2.45. The van der Waals surface area contributed by atoms with Gasteiger partial charge in [-0.2, -0.15) is 0 Å². The fourth-order valence-electron chi connectivity index (χ4n) is 5.19. The molecule has 5 heteroatoms. The number of rotatable bonds is 11. The van der Waals surface area contributed by atoms with E-state index in [0.29, 0.717) is 12.1 Å². The number of anilines is 1. The molecule has 1 aliphatic rings. The number of hydrogen-bond acceptors (Lipinski definition) is 3. The summed E-state index contributed by atoms with van der Waals surface area (Å²) in [6.07, 6.45) is 5.26. The van der Waals surface area contributed by atoms with Crippen LogP contribution in [0.1, 0.15) is 54.9 Å². The number of halogens is 1. The van der Waals surface area contributed by atoms with E-state index >= 15 is 0 Å². The lowest BCUT2D eigenvalue weighted by Crippen LogP contribution is -2.26. The van der Waals surface area contributed by atoms with Crippen molar-refractivity contribution < 1.29 is 4.39 Å². The number of nitrogens with two attached hydrogens (primary N) is 1. The normalized spacial score (nSPS) is 17.4. The third-order valence-electron chi connectivity index (χ3n) is 7.44. The molecule has 0 saturated heterocycles. The van der Waals surface area contributed by atoms with Crippen LogP contribution in [0, 0.1) is 11.7 Å². The molecular weight excluding hydrogens is 459 g/mol. The Morgan fingerprint density at radius 3 is 2.41 bits per heavy atom. The van der Waals surface area contributed by atoms with Crippen molar-refractivity contribution in [1.29, 1.82) is 0 Å². The molecule has 194 valence electrons. The quantitative estimate of drug-likeness (QED) is 0.229. The molecule has 2 atom stereocenters. The molecule has 0 spiro atoms. The molecule has 4 nitrogen and oxygen atoms in total. The molecule has 0 unspecified atom stereocenters. The van der Waals surface area contributed by atoms with E-state index in [4.69, 9.17) is 5.73 Å². The first-order valence-electron chi connectivity index (χ1n) is 13.3. The van der Waals surface area contributed by atoms with E-state index < -0.39 is 0 Å². The first-order valence-corrected chi connectivity index (χ1v) is 13.3. The van der Waals surface area contributed by atoms with Gasteiger partial charge in [0.05, 0.1) is 12.9 Å². The standard InChI is InChI=1S/C32H39FN4/c1-4-5-19-37(3)20-18-24-14-16-25(17-15-24)36-22-35-21-29-23(2)31(28-12-8-9-13-30(28)33)26-10-6-7-11-27(26)32(29)34/h6-17,22-23,31H,4-5,18-21,34H2,1-3H3,(H,35,36)/t23-,31+/m0/s1. The highest BCUT2D eigenvalue weighted by molar-refractivity contribution is 5.77. The summed E-state index contributed by atoms with van der Waals surface area (Å²) in [5.74, 6) is -0.259. The first kappa shape index (κ1) is 26.6. The van der Waals surface area contributed by atoms with Gasteiger partial charge in [-0.15, -0.1) is 0 Å². The van der Waals surface area contributed by atoms with Crippen molar-refractivity contribution in [1.82, 2.24) is 4.90 Å². The number of nitrogens with one attached hydrogen (secondary N) is 1. The summed E-state index contributed by atoms with van der Waals surface area (Å²) >= 11 is 0. The average molecular weight is 499 g/mol. The minimum Gasteiger partial charge on any atom is -0.398 e. The second-order valence-electron chi connectivity index (χ2n) is 10.0. The number of hydrogen-bond donors (Lipinski definition) is 2. The largest absolute Gasteiger partial charge is 0.398 e. The van der Waals surface area contributed by atoms with Crippen molar-refractivity contribution in [3.8, 4) is 0 Å². The summed E-state index contributed by atoms with van der Waals surface area (Å²) in [5.41, 5.74) is 13.5. The van der Waals surface area contributed by atoms with Gasteiger partial charge in [0, 0.05) is 29.4 Å². The van der Waals surface area contributed by atoms with E-state index in [1.165, 1.54) is 24.5 Å². The smallest absolute Gasteiger partial charge is 0.127 e. The Bertz CT molecular complexity index is 1230. The topological polar surface area (TPSA) is 53.6 Å². The maximum Gasteiger partial charge on any atom is 0.127 e. The Kier molecular flexibility index (Phi) is 9.13. The maximum absolute atomic E-state index is 14.8. The SMILES string of the molecule is CCCCN(C)CCc1ccc(NC=NCC2=C(N)c3ccccc3[C@H](c3ccccc3F)[C@H]2C)cc1. The Balaban J connectivity index is 1.41. The van der Waals surface area contributed by atoms with E-state index in [-0.39, 0.29) is 17.7 Å². The van der Waals surface area contributed by atoms with Gasteiger partial charge in [0.25, 0.3) is 0 Å². The van der Waals surface area contributed by atoms with Crippen LogP contribution in [0.4, 0.5) is 10.1 Å². The van der Waals surface area contributed by atoms with Gasteiger partial charge >= 0.3 is 0 Å². The predicted octanol–water partition coefficient (Wildman–Crippen LogP) is 6.69. The Morgan fingerprint density at radius 2 is 1.68 bits per heavy atom. The van der Waals surface area contributed by atoms with Crippen molar-refractivity contribution >= 4 is 17.7 Å². The third kappa shape index (κ3) is 6.47. The summed E-state index contributed by atoms with van der Waals surface area (Å²) in [6.45, 7) is 7.03. The van der Waals surface area contributed by atoms with Crippen LogP contribution in [0.25, 0.3) is 5.70 Å². The van der Waals surface area contributed by atoms with E-state index in [1.807, 2.05) is 30.3 Å². The van der Waals surface area contributed by atoms with E-state index in [0.717, 1.165) is 47.6 Å². The highest BCUT2D eigenvalue weighted by Gasteiger charge is 2.33. The average Bonchev–Trinajstić information content (AvgIpc) is 2.92. The lowest BCUT2D eigenvalue weighted by atomic mass is 9.71. The van der Waals surface area contributed by atoms with E-state index in [1.54, 1.807) is 12.4 Å². The number of nitrogens with zero attached hydrogens (tertiary/aromatic N) is 2. The van der Waals surface area contributed by atoms with Gasteiger partial charge in [-0.05, 0) is 72.8 Å². The molecule has 3 aromatic rings. The molecule has 0 aliphatic heterocycles. The summed E-state index contributed by atoms with van der Waals surface area (Å²) in [4.78, 5) is 7.04. The van der Waals surface area contributed by atoms with Crippen LogP contribution in [-0.2, 0) is 6.42 Å². The van der Waals surface area contributed by atoms with Gasteiger partial charge in [-0.25, -0.2) is 4.39 Å². The van der Waals surface area contributed by atoms with Crippen molar-refractivity contribution in [3.05, 3.63) is 106 Å². The second-order valence-corrected chi connectivity index (χ2v) is 10.0. The van der Waals surface area contributed by atoms with Crippen LogP contribution in [0.15, 0.2) is 83.4 Å². The van der Waals surface area contributed by atoms with Crippen LogP contribution in [0.3, 0.4) is 0 Å². The van der Waals surface area contributed by atoms with Crippen LogP contribution in [-0.4, -0.2) is 37.9 Å². The Morgan fingerprint density at radius 1 is 0.973 bits per heavy atom. The molecule has 0 fully saturated rings. The monoisotopic (exact) mass is 498 g/mol. The van der Waals surface area contributed by atoms with Crippen molar-refractivity contribution in [2.45, 2.75) is 39.0 Å². The van der Waals surface area contributed by atoms with Crippen molar-refractivity contribution in [2.75, 3.05) is 32.0 Å². The first-order chi connectivity index (χ1) is 18.0. The Hall–Kier alpha value is -3.44. The minimum absolute atomic E-state index is 0.0266. The van der Waals surface area contributed by atoms with Gasteiger partial charge in [0.2, 0.25) is 0 Å². The van der Waals surface area contributed by atoms with Gasteiger partial charge in [-0.1, -0.05) is 74.9 Å². The molecule has 0 saturated carbocycles. The summed E-state index contributed by atoms with van der Waals surface area (Å²) in [5, 5.41) is 3.28. The predicted molar refractivity (Wildman–Crippen MR) is 154 cm³/mol. The molecule has 37 heavy (non-hydrogen) atoms. The fraction of sp³-hybridized carbons (Fsp3) is 0.344. The van der Waals surface area contributed by atoms with Crippen molar-refractivity contribution in [3.63, 3.8) is 0 Å². The van der Waals surface area contributed by atoms with Gasteiger partial charge in [0.15, 0.2) is 0 Å². The molecular formula is C32H39FN4. The van der Waals surface area contributed by atoms with Crippen LogP contribution < -0.4 is 11.1 Å². The maximum atomic E-state index is 14.8. The molecule has 1 aliphatic carbocycles. The minimum atomic E-state index is -0.185. The molecule has 0 radical (unpaired) electrons. The lowest BCUT2D eigenvalue weighted by Gasteiger charge is -2.34. The van der Waals surface area contributed by atoms with E-state index in [9.17, 15) is 4.39 Å². The fourth-order valence-corrected chi connectivity index (χ4v) is 5.19. The zero-order valence-corrected chi connectivity index (χ0v) is 22.3. The van der Waals surface area contributed by atoms with Crippen LogP contribution >= 0.6 is 0 Å². The number of aliphatic imine (C=N–C) groups is 1. The van der Waals surface area contributed by atoms with Gasteiger partial charge < -0.3 is 16.0 Å². The Labute approximate surface area is 221 Å². The summed E-state index contributed by atoms with van der Waals surface area (Å²) in [6, 6.07) is 23.6. The van der Waals surface area contributed by atoms with Crippen molar-refractivity contribution in [2.24, 2.45) is 16.6 Å². The molecule has 3 aromatic carbocycles. The zero-order chi connectivity index (χ0) is 26.2. The van der Waals surface area contributed by atoms with Crippen LogP contribution in [0.5, 0.6) is 0 Å². The molecule has 3 N–H and O–H groups in total. The van der Waals surface area contributed by atoms with Crippen LogP contribution in [0.2, 0.25) is 0 Å². The lowest BCUT2D eigenvalue weighted by molar-refractivity contribution is 0.332. The highest BCUT2D eigenvalue weighted by atomic mass is 19.1. The zero-order valence-electron chi connectivity index (χ0n) is 22.3. The second kappa shape index (κ2) is 12.7. The molecule has 0 amide bonds. The molecule has 4 rings (SSSR count). The van der Waals surface area contributed by atoms with E-state index in [2.05, 4.69) is 66.4 Å². The number of unbranched alkanes of at least 4 members (excludes halogenated alkanes) is 1. The number of benzene rings is 3. The summed E-state index contributed by atoms with van der Waals surface area (Å²) < 4.78 is 14.8. The van der Waals surface area contributed by atoms with Gasteiger partial charge in [0.1, 0.15) is 5.82 Å².